The number of nitrogens with two attached hydrogens (primary N) is 1. The topological polar surface area (TPSA) is 81.1 Å². The van der Waals surface area contributed by atoms with Gasteiger partial charge in [-0.25, -0.2) is 4.98 Å². The molecule has 0 radical (unpaired) electrons. The zero-order chi connectivity index (χ0) is 18.1. The van der Waals surface area contributed by atoms with E-state index in [1.165, 1.54) is 0 Å². The molecule has 1 aromatic carbocycles. The number of para-hydroxylation sites is 1. The number of hydrogen-bond acceptors (Lipinski definition) is 5. The normalized spacial score (nSPS) is 11.5. The molecule has 0 amide bonds. The number of aromatic nitrogens is 4. The molecule has 0 bridgehead atoms. The molecule has 3 aromatic heterocycles. The fourth-order valence-electron chi connectivity index (χ4n) is 2.97. The van der Waals surface area contributed by atoms with Crippen LogP contribution in [0.2, 0.25) is 0 Å². The van der Waals surface area contributed by atoms with Crippen LogP contribution < -0.4 is 11.1 Å². The molecular weight excluding hydrogens is 392 g/mol. The number of benzene rings is 1. The number of halogens is 1. The first-order valence-corrected chi connectivity index (χ1v) is 9.35. The Morgan fingerprint density at radius 3 is 2.92 bits per heavy atom. The molecule has 0 atom stereocenters. The van der Waals surface area contributed by atoms with Gasteiger partial charge in [0.05, 0.1) is 21.9 Å². The highest BCUT2D eigenvalue weighted by atomic mass is 79.9. The first-order valence-electron chi connectivity index (χ1n) is 8.56. The van der Waals surface area contributed by atoms with Crippen molar-refractivity contribution < 1.29 is 0 Å². The van der Waals surface area contributed by atoms with E-state index in [0.717, 1.165) is 50.8 Å². The predicted octanol–water partition coefficient (Wildman–Crippen LogP) is 3.79. The highest BCUT2D eigenvalue weighted by Crippen LogP contribution is 2.30. The molecule has 0 unspecified atom stereocenters. The fourth-order valence-corrected chi connectivity index (χ4v) is 3.36. The molecular formula is C19H19BrN6. The van der Waals surface area contributed by atoms with Crippen molar-refractivity contribution in [2.45, 2.75) is 19.9 Å². The van der Waals surface area contributed by atoms with Crippen LogP contribution in [-0.2, 0) is 6.54 Å². The van der Waals surface area contributed by atoms with Crippen LogP contribution in [0.3, 0.4) is 0 Å². The molecule has 3 N–H and O–H groups in total. The second-order valence-corrected chi connectivity index (χ2v) is 6.94. The lowest BCUT2D eigenvalue weighted by Gasteiger charge is -2.10. The maximum Gasteiger partial charge on any atom is 0.165 e. The maximum absolute atomic E-state index is 6.28. The lowest BCUT2D eigenvalue weighted by atomic mass is 10.1. The van der Waals surface area contributed by atoms with Crippen molar-refractivity contribution in [1.29, 1.82) is 0 Å². The Kier molecular flexibility index (Phi) is 4.57. The summed E-state index contributed by atoms with van der Waals surface area (Å²) >= 11 is 3.55. The van der Waals surface area contributed by atoms with Crippen LogP contribution in [0.15, 0.2) is 47.2 Å². The smallest absolute Gasteiger partial charge is 0.165 e. The van der Waals surface area contributed by atoms with Crippen molar-refractivity contribution >= 4 is 38.3 Å². The molecule has 26 heavy (non-hydrogen) atoms. The zero-order valence-electron chi connectivity index (χ0n) is 14.4. The van der Waals surface area contributed by atoms with Crippen LogP contribution in [0, 0.1) is 0 Å². The number of anilines is 1. The number of fused-ring (bicyclic) bond motifs is 2. The highest BCUT2D eigenvalue weighted by molar-refractivity contribution is 9.10. The Morgan fingerprint density at radius 2 is 2.08 bits per heavy atom. The highest BCUT2D eigenvalue weighted by Gasteiger charge is 2.16. The predicted molar refractivity (Wildman–Crippen MR) is 108 cm³/mol. The summed E-state index contributed by atoms with van der Waals surface area (Å²) in [5.74, 6) is 0.545. The minimum atomic E-state index is 0.545. The molecule has 4 aromatic rings. The van der Waals surface area contributed by atoms with E-state index in [-0.39, 0.29) is 0 Å². The van der Waals surface area contributed by atoms with Crippen LogP contribution in [0.1, 0.15) is 19.0 Å². The van der Waals surface area contributed by atoms with E-state index in [1.807, 2.05) is 24.4 Å². The molecule has 7 heteroatoms. The largest absolute Gasteiger partial charge is 0.383 e. The zero-order valence-corrected chi connectivity index (χ0v) is 16.0. The third kappa shape index (κ3) is 2.93. The molecule has 0 saturated heterocycles. The van der Waals surface area contributed by atoms with Gasteiger partial charge in [-0.1, -0.05) is 25.1 Å². The minimum Gasteiger partial charge on any atom is -0.383 e. The van der Waals surface area contributed by atoms with Crippen LogP contribution in [0.4, 0.5) is 5.82 Å². The number of pyridine rings is 1. The van der Waals surface area contributed by atoms with Crippen molar-refractivity contribution in [1.82, 2.24) is 24.9 Å². The quantitative estimate of drug-likeness (QED) is 0.489. The molecule has 4 rings (SSSR count). The van der Waals surface area contributed by atoms with Gasteiger partial charge >= 0.3 is 0 Å². The summed E-state index contributed by atoms with van der Waals surface area (Å²) in [7, 11) is 0. The molecule has 3 heterocycles. The summed E-state index contributed by atoms with van der Waals surface area (Å²) in [6.45, 7) is 3.71. The molecule has 6 nitrogen and oxygen atoms in total. The van der Waals surface area contributed by atoms with Gasteiger partial charge < -0.3 is 11.1 Å². The van der Waals surface area contributed by atoms with Gasteiger partial charge in [-0.05, 0) is 41.0 Å². The monoisotopic (exact) mass is 410 g/mol. The minimum absolute atomic E-state index is 0.545. The third-order valence-electron chi connectivity index (χ3n) is 4.31. The Balaban J connectivity index is 1.84. The molecule has 132 valence electrons. The van der Waals surface area contributed by atoms with Crippen LogP contribution in [-0.4, -0.2) is 26.1 Å². The summed E-state index contributed by atoms with van der Waals surface area (Å²) in [4.78, 5) is 9.36. The number of rotatable bonds is 5. The number of nitrogens with zero attached hydrogens (tertiary/aromatic N) is 4. The van der Waals surface area contributed by atoms with Crippen molar-refractivity contribution in [3.63, 3.8) is 0 Å². The van der Waals surface area contributed by atoms with Crippen molar-refractivity contribution in [2.24, 2.45) is 0 Å². The number of nitrogen functional groups attached to an aromatic ring is 1. The lowest BCUT2D eigenvalue weighted by Crippen LogP contribution is -2.17. The third-order valence-corrected chi connectivity index (χ3v) is 5.18. The van der Waals surface area contributed by atoms with E-state index < -0.39 is 0 Å². The Morgan fingerprint density at radius 1 is 1.23 bits per heavy atom. The first-order chi connectivity index (χ1) is 12.7. The van der Waals surface area contributed by atoms with Crippen LogP contribution in [0.5, 0.6) is 0 Å². The molecule has 0 saturated carbocycles. The van der Waals surface area contributed by atoms with Gasteiger partial charge in [-0.3, -0.25) is 4.98 Å². The Labute approximate surface area is 159 Å². The van der Waals surface area contributed by atoms with Crippen molar-refractivity contribution in [2.75, 3.05) is 12.3 Å². The number of hydrogen-bond donors (Lipinski definition) is 2. The van der Waals surface area contributed by atoms with E-state index in [2.05, 4.69) is 50.4 Å². The molecule has 0 aliphatic heterocycles. The van der Waals surface area contributed by atoms with E-state index in [4.69, 9.17) is 10.7 Å². The maximum atomic E-state index is 6.28. The van der Waals surface area contributed by atoms with Crippen molar-refractivity contribution in [3.05, 3.63) is 52.9 Å². The van der Waals surface area contributed by atoms with Crippen LogP contribution >= 0.6 is 15.9 Å². The Hall–Kier alpha value is -2.51. The molecule has 0 fully saturated rings. The summed E-state index contributed by atoms with van der Waals surface area (Å²) < 4.78 is 2.44. The second kappa shape index (κ2) is 7.01. The van der Waals surface area contributed by atoms with Gasteiger partial charge in [0.25, 0.3) is 0 Å². The van der Waals surface area contributed by atoms with Gasteiger partial charge in [-0.2, -0.15) is 9.61 Å². The lowest BCUT2D eigenvalue weighted by molar-refractivity contribution is 0.662. The van der Waals surface area contributed by atoms with Gasteiger partial charge in [0, 0.05) is 29.3 Å². The van der Waals surface area contributed by atoms with E-state index in [0.29, 0.717) is 12.4 Å². The summed E-state index contributed by atoms with van der Waals surface area (Å²) in [5.41, 5.74) is 10.7. The average molecular weight is 411 g/mol. The SMILES string of the molecule is CCCNCc1nc2c(-c3cnc4ccccc4c3)cnn2c(N)c1Br. The van der Waals surface area contributed by atoms with E-state index in [1.54, 1.807) is 10.7 Å². The van der Waals surface area contributed by atoms with Crippen molar-refractivity contribution in [3.8, 4) is 11.1 Å². The number of nitrogens with one attached hydrogen (secondary N) is 1. The standard InChI is InChI=1S/C19H19BrN6/c1-2-7-22-11-16-17(20)18(21)26-19(25-16)14(10-24-26)13-8-12-5-3-4-6-15(12)23-9-13/h3-6,8-10,22H,2,7,11,21H2,1H3. The van der Waals surface area contributed by atoms with Gasteiger partial charge in [0.1, 0.15) is 5.82 Å². The molecule has 0 aliphatic carbocycles. The fraction of sp³-hybridized carbons (Fsp3) is 0.211. The Bertz CT molecular complexity index is 1090. The van der Waals surface area contributed by atoms with E-state index >= 15 is 0 Å². The van der Waals surface area contributed by atoms with Gasteiger partial charge in [0.15, 0.2) is 5.65 Å². The summed E-state index contributed by atoms with van der Waals surface area (Å²) in [6, 6.07) is 10.2. The van der Waals surface area contributed by atoms with Crippen LogP contribution in [0.25, 0.3) is 27.7 Å². The molecule has 0 spiro atoms. The average Bonchev–Trinajstić information content (AvgIpc) is 3.09. The van der Waals surface area contributed by atoms with Gasteiger partial charge in [0.2, 0.25) is 0 Å². The summed E-state index contributed by atoms with van der Waals surface area (Å²) in [5, 5.41) is 8.88. The first kappa shape index (κ1) is 16.9. The van der Waals surface area contributed by atoms with E-state index in [9.17, 15) is 0 Å². The second-order valence-electron chi connectivity index (χ2n) is 6.14. The summed E-state index contributed by atoms with van der Waals surface area (Å²) in [6.07, 6.45) is 4.71. The molecule has 0 aliphatic rings. The van der Waals surface area contributed by atoms with Gasteiger partial charge in [-0.15, -0.1) is 0 Å².